The zero-order valence-electron chi connectivity index (χ0n) is 18.8. The van der Waals surface area contributed by atoms with Crippen LogP contribution in [-0.2, 0) is 42.9 Å². The summed E-state index contributed by atoms with van der Waals surface area (Å²) in [7, 11) is 0. The molecule has 0 spiro atoms. The van der Waals surface area contributed by atoms with Gasteiger partial charge in [0.05, 0.1) is 0 Å². The van der Waals surface area contributed by atoms with E-state index in [0.29, 0.717) is 5.02 Å². The molecule has 0 unspecified atom stereocenters. The van der Waals surface area contributed by atoms with Crippen LogP contribution in [0.4, 0.5) is 4.79 Å². The van der Waals surface area contributed by atoms with Gasteiger partial charge in [-0.05, 0) is 24.3 Å². The van der Waals surface area contributed by atoms with E-state index in [1.807, 2.05) is 0 Å². The van der Waals surface area contributed by atoms with Crippen LogP contribution in [0.1, 0.15) is 27.7 Å². The lowest BCUT2D eigenvalue weighted by Gasteiger charge is -2.44. The monoisotopic (exact) mass is 501 g/mol. The zero-order valence-corrected chi connectivity index (χ0v) is 19.5. The normalized spacial score (nSPS) is 23.7. The molecule has 186 valence electrons. The molecule has 1 aromatic rings. The predicted octanol–water partition coefficient (Wildman–Crippen LogP) is 1.51. The van der Waals surface area contributed by atoms with Crippen molar-refractivity contribution in [3.63, 3.8) is 0 Å². The van der Waals surface area contributed by atoms with E-state index in [2.05, 4.69) is 5.32 Å². The number of carbonyl (C=O) groups is 5. The third-order valence-corrected chi connectivity index (χ3v) is 4.53. The Balaban J connectivity index is 2.35. The van der Waals surface area contributed by atoms with Gasteiger partial charge in [0.1, 0.15) is 18.5 Å². The molecule has 1 fully saturated rings. The fourth-order valence-corrected chi connectivity index (χ4v) is 3.23. The van der Waals surface area contributed by atoms with Crippen molar-refractivity contribution in [1.82, 2.24) is 5.32 Å². The van der Waals surface area contributed by atoms with E-state index in [0.717, 1.165) is 27.7 Å². The largest absolute Gasteiger partial charge is 0.463 e. The molecular formula is C21H24ClNO11. The van der Waals surface area contributed by atoms with Crippen LogP contribution in [-0.4, -0.2) is 67.2 Å². The van der Waals surface area contributed by atoms with Crippen LogP contribution < -0.4 is 10.1 Å². The number of esters is 4. The maximum atomic E-state index is 12.5. The Bertz CT molecular complexity index is 920. The summed E-state index contributed by atoms with van der Waals surface area (Å²) < 4.78 is 31.6. The molecule has 1 saturated heterocycles. The first-order valence-corrected chi connectivity index (χ1v) is 10.4. The van der Waals surface area contributed by atoms with Gasteiger partial charge >= 0.3 is 30.0 Å². The van der Waals surface area contributed by atoms with E-state index in [-0.39, 0.29) is 5.75 Å². The van der Waals surface area contributed by atoms with E-state index in [1.165, 1.54) is 24.3 Å². The van der Waals surface area contributed by atoms with Gasteiger partial charge in [0.2, 0.25) is 0 Å². The van der Waals surface area contributed by atoms with E-state index in [1.54, 1.807) is 0 Å². The van der Waals surface area contributed by atoms with Crippen molar-refractivity contribution in [3.8, 4) is 5.75 Å². The molecule has 0 aromatic heterocycles. The lowest BCUT2D eigenvalue weighted by molar-refractivity contribution is -0.255. The minimum absolute atomic E-state index is 0.146. The molecule has 1 aliphatic heterocycles. The molecule has 34 heavy (non-hydrogen) atoms. The Kier molecular flexibility index (Phi) is 9.63. The maximum absolute atomic E-state index is 12.5. The minimum atomic E-state index is -1.45. The van der Waals surface area contributed by atoms with E-state index in [4.69, 9.17) is 40.0 Å². The number of carbonyl (C=O) groups excluding carboxylic acids is 5. The molecule has 1 amide bonds. The highest BCUT2D eigenvalue weighted by atomic mass is 35.5. The third-order valence-electron chi connectivity index (χ3n) is 4.28. The molecule has 0 bridgehead atoms. The summed E-state index contributed by atoms with van der Waals surface area (Å²) in [6.45, 7) is 3.99. The highest BCUT2D eigenvalue weighted by Gasteiger charge is 2.52. The number of hydrogen-bond acceptors (Lipinski definition) is 11. The lowest BCUT2D eigenvalue weighted by Crippen LogP contribution is -2.66. The summed E-state index contributed by atoms with van der Waals surface area (Å²) in [5.74, 6) is -2.89. The Morgan fingerprint density at radius 1 is 0.824 bits per heavy atom. The zero-order chi connectivity index (χ0) is 25.4. The van der Waals surface area contributed by atoms with Crippen LogP contribution in [0, 0.1) is 0 Å². The van der Waals surface area contributed by atoms with Crippen LogP contribution in [0.25, 0.3) is 0 Å². The van der Waals surface area contributed by atoms with Crippen molar-refractivity contribution in [1.29, 1.82) is 0 Å². The highest BCUT2D eigenvalue weighted by molar-refractivity contribution is 6.30. The Morgan fingerprint density at radius 2 is 1.35 bits per heavy atom. The van der Waals surface area contributed by atoms with Crippen LogP contribution in [0.5, 0.6) is 5.75 Å². The molecule has 2 rings (SSSR count). The number of ether oxygens (including phenoxy) is 6. The Morgan fingerprint density at radius 3 is 1.88 bits per heavy atom. The third kappa shape index (κ3) is 8.19. The van der Waals surface area contributed by atoms with Crippen LogP contribution >= 0.6 is 11.6 Å². The SMILES string of the molecule is CC(=O)OC[C@H]1O[C@H](NC(=O)Oc2ccc(Cl)cc2)[C@H](OC(C)=O)[C@@H](OC(C)=O)[C@@H]1OC(C)=O. The Labute approximate surface area is 199 Å². The van der Waals surface area contributed by atoms with Crippen molar-refractivity contribution < 1.29 is 52.4 Å². The first-order chi connectivity index (χ1) is 16.0. The second kappa shape index (κ2) is 12.2. The Hall–Kier alpha value is -3.38. The van der Waals surface area contributed by atoms with Gasteiger partial charge in [-0.25, -0.2) is 4.79 Å². The molecule has 1 N–H and O–H groups in total. The van der Waals surface area contributed by atoms with Gasteiger partial charge in [0.25, 0.3) is 0 Å². The topological polar surface area (TPSA) is 153 Å². The van der Waals surface area contributed by atoms with Crippen LogP contribution in [0.15, 0.2) is 24.3 Å². The molecule has 0 aliphatic carbocycles. The molecular weight excluding hydrogens is 478 g/mol. The maximum Gasteiger partial charge on any atom is 0.414 e. The minimum Gasteiger partial charge on any atom is -0.463 e. The fraction of sp³-hybridized carbons (Fsp3) is 0.476. The van der Waals surface area contributed by atoms with Gasteiger partial charge < -0.3 is 28.4 Å². The summed E-state index contributed by atoms with van der Waals surface area (Å²) >= 11 is 5.81. The van der Waals surface area contributed by atoms with Gasteiger partial charge in [-0.2, -0.15) is 0 Å². The molecule has 0 saturated carbocycles. The van der Waals surface area contributed by atoms with Crippen molar-refractivity contribution in [2.24, 2.45) is 0 Å². The standard InChI is InChI=1S/C21H24ClNO11/c1-10(24)29-9-16-17(30-11(2)25)18(31-12(3)26)19(32-13(4)27)20(34-16)23-21(28)33-15-7-5-14(22)6-8-15/h5-8,16-20H,9H2,1-4H3,(H,23,28)/t16-,17-,18+,19-,20+/m1/s1. The summed E-state index contributed by atoms with van der Waals surface area (Å²) in [6, 6.07) is 5.88. The van der Waals surface area contributed by atoms with E-state index in [9.17, 15) is 24.0 Å². The van der Waals surface area contributed by atoms with Gasteiger partial charge in [-0.1, -0.05) is 11.6 Å². The quantitative estimate of drug-likeness (QED) is 0.427. The number of rotatable bonds is 7. The van der Waals surface area contributed by atoms with E-state index >= 15 is 0 Å². The highest BCUT2D eigenvalue weighted by Crippen LogP contribution is 2.28. The molecule has 1 aromatic carbocycles. The van der Waals surface area contributed by atoms with Crippen molar-refractivity contribution in [2.75, 3.05) is 6.61 Å². The van der Waals surface area contributed by atoms with Gasteiger partial charge in [0.15, 0.2) is 24.5 Å². The molecule has 13 heteroatoms. The second-order valence-corrected chi connectivity index (χ2v) is 7.54. The molecule has 5 atom stereocenters. The van der Waals surface area contributed by atoms with Crippen molar-refractivity contribution >= 4 is 41.6 Å². The van der Waals surface area contributed by atoms with Crippen molar-refractivity contribution in [2.45, 2.75) is 58.3 Å². The summed E-state index contributed by atoms with van der Waals surface area (Å²) in [4.78, 5) is 59.1. The number of halogens is 1. The number of hydrogen-bond donors (Lipinski definition) is 1. The smallest absolute Gasteiger partial charge is 0.414 e. The fourth-order valence-electron chi connectivity index (χ4n) is 3.10. The van der Waals surface area contributed by atoms with Crippen LogP contribution in [0.3, 0.4) is 0 Å². The summed E-state index contributed by atoms with van der Waals surface area (Å²) in [6.07, 6.45) is -7.86. The molecule has 0 radical (unpaired) electrons. The summed E-state index contributed by atoms with van der Waals surface area (Å²) in [5, 5.41) is 2.79. The van der Waals surface area contributed by atoms with Crippen molar-refractivity contribution in [3.05, 3.63) is 29.3 Å². The average Bonchev–Trinajstić information content (AvgIpc) is 2.71. The molecule has 1 aliphatic rings. The average molecular weight is 502 g/mol. The lowest BCUT2D eigenvalue weighted by atomic mass is 9.97. The molecule has 1 heterocycles. The first kappa shape index (κ1) is 26.9. The number of amides is 1. The van der Waals surface area contributed by atoms with E-state index < -0.39 is 67.2 Å². The first-order valence-electron chi connectivity index (χ1n) is 10.0. The summed E-state index contributed by atoms with van der Waals surface area (Å²) in [5.41, 5.74) is 0. The van der Waals surface area contributed by atoms with Gasteiger partial charge in [-0.15, -0.1) is 0 Å². The predicted molar refractivity (Wildman–Crippen MR) is 113 cm³/mol. The van der Waals surface area contributed by atoms with Gasteiger partial charge in [0, 0.05) is 32.7 Å². The van der Waals surface area contributed by atoms with Gasteiger partial charge in [-0.3, -0.25) is 24.5 Å². The van der Waals surface area contributed by atoms with Crippen LogP contribution in [0.2, 0.25) is 5.02 Å². The number of nitrogens with one attached hydrogen (secondary N) is 1. The number of benzene rings is 1. The molecule has 12 nitrogen and oxygen atoms in total. The second-order valence-electron chi connectivity index (χ2n) is 7.11.